The number of nitrogens with one attached hydrogen (secondary N) is 1. The maximum absolute atomic E-state index is 12.4. The summed E-state index contributed by atoms with van der Waals surface area (Å²) in [5, 5.41) is 5.48. The van der Waals surface area contributed by atoms with Crippen molar-refractivity contribution in [1.29, 1.82) is 0 Å². The van der Waals surface area contributed by atoms with Crippen molar-refractivity contribution in [3.05, 3.63) is 71.3 Å². The zero-order valence-electron chi connectivity index (χ0n) is 15.5. The van der Waals surface area contributed by atoms with Gasteiger partial charge in [0.1, 0.15) is 5.75 Å². The minimum Gasteiger partial charge on any atom is -0.301 e. The quantitative estimate of drug-likeness (QED) is 0.525. The van der Waals surface area contributed by atoms with E-state index in [0.29, 0.717) is 10.7 Å². The summed E-state index contributed by atoms with van der Waals surface area (Å²) < 4.78 is 25.7. The van der Waals surface area contributed by atoms with Gasteiger partial charge in [0.25, 0.3) is 0 Å². The third-order valence-corrected chi connectivity index (χ3v) is 7.57. The number of amides is 1. The number of hydrogen-bond donors (Lipinski definition) is 1. The minimum atomic E-state index is -3.56. The van der Waals surface area contributed by atoms with E-state index in [2.05, 4.69) is 28.5 Å². The molecule has 4 aromatic rings. The molecule has 7 heteroatoms. The van der Waals surface area contributed by atoms with E-state index in [0.717, 1.165) is 28.4 Å². The molecule has 0 fully saturated rings. The third-order valence-electron chi connectivity index (χ3n) is 5.18. The van der Waals surface area contributed by atoms with Crippen LogP contribution in [-0.4, -0.2) is 25.1 Å². The molecule has 0 unspecified atom stereocenters. The molecular formula is C22H18N2O3S2. The number of sulfone groups is 1. The molecule has 29 heavy (non-hydrogen) atoms. The molecule has 146 valence electrons. The van der Waals surface area contributed by atoms with Gasteiger partial charge >= 0.3 is 0 Å². The van der Waals surface area contributed by atoms with Crippen molar-refractivity contribution >= 4 is 53.2 Å². The van der Waals surface area contributed by atoms with E-state index < -0.39 is 21.5 Å². The number of fused-ring (bicyclic) bond motifs is 2. The van der Waals surface area contributed by atoms with E-state index in [1.54, 1.807) is 24.3 Å². The van der Waals surface area contributed by atoms with E-state index in [1.807, 2.05) is 12.1 Å². The molecule has 0 radical (unpaired) electrons. The standard InChI is InChI=1S/C22H18N2O3S2/c25-19(13-29(26,27)12-14-5-2-1-3-6-14)23-22-24-21-17-8-4-7-15-9-10-16(20(15)17)11-18(21)28-22/h1-8,11H,9-10,12-13H2,(H,23,24,25). The Morgan fingerprint density at radius 2 is 1.83 bits per heavy atom. The van der Waals surface area contributed by atoms with Crippen LogP contribution in [0.3, 0.4) is 0 Å². The lowest BCUT2D eigenvalue weighted by Crippen LogP contribution is -2.23. The summed E-state index contributed by atoms with van der Waals surface area (Å²) in [6, 6.07) is 17.3. The predicted octanol–water partition coefficient (Wildman–Crippen LogP) is 4.10. The Morgan fingerprint density at radius 1 is 1.03 bits per heavy atom. The number of aromatic nitrogens is 1. The normalized spacial score (nSPS) is 13.2. The fraction of sp³-hybridized carbons (Fsp3) is 0.182. The first-order valence-corrected chi connectivity index (χ1v) is 12.0. The van der Waals surface area contributed by atoms with Crippen LogP contribution in [0.25, 0.3) is 21.0 Å². The average Bonchev–Trinajstić information content (AvgIpc) is 3.27. The van der Waals surface area contributed by atoms with Gasteiger partial charge in [0.05, 0.1) is 16.0 Å². The van der Waals surface area contributed by atoms with Gasteiger partial charge in [-0.15, -0.1) is 0 Å². The van der Waals surface area contributed by atoms with Gasteiger partial charge in [-0.1, -0.05) is 59.9 Å². The third kappa shape index (κ3) is 3.52. The second-order valence-electron chi connectivity index (χ2n) is 7.31. The fourth-order valence-electron chi connectivity index (χ4n) is 3.99. The lowest BCUT2D eigenvalue weighted by atomic mass is 10.0. The number of anilines is 1. The highest BCUT2D eigenvalue weighted by Crippen LogP contribution is 2.39. The van der Waals surface area contributed by atoms with Gasteiger partial charge < -0.3 is 5.32 Å². The molecule has 0 saturated heterocycles. The number of hydrogen-bond acceptors (Lipinski definition) is 5. The van der Waals surface area contributed by atoms with Crippen LogP contribution in [0.5, 0.6) is 0 Å². The van der Waals surface area contributed by atoms with Gasteiger partial charge in [-0.25, -0.2) is 13.4 Å². The lowest BCUT2D eigenvalue weighted by molar-refractivity contribution is -0.113. The first-order valence-electron chi connectivity index (χ1n) is 9.37. The summed E-state index contributed by atoms with van der Waals surface area (Å²) in [4.78, 5) is 17.0. The molecule has 1 amide bonds. The van der Waals surface area contributed by atoms with Crippen molar-refractivity contribution in [2.75, 3.05) is 11.1 Å². The van der Waals surface area contributed by atoms with Crippen LogP contribution in [-0.2, 0) is 33.2 Å². The number of nitrogens with zero attached hydrogens (tertiary/aromatic N) is 1. The van der Waals surface area contributed by atoms with Crippen LogP contribution in [0.15, 0.2) is 54.6 Å². The number of rotatable bonds is 5. The zero-order valence-corrected chi connectivity index (χ0v) is 17.1. The van der Waals surface area contributed by atoms with Crippen LogP contribution in [0.4, 0.5) is 5.13 Å². The number of carbonyl (C=O) groups is 1. The van der Waals surface area contributed by atoms with E-state index in [4.69, 9.17) is 0 Å². The summed E-state index contributed by atoms with van der Waals surface area (Å²) in [6.07, 6.45) is 2.07. The highest BCUT2D eigenvalue weighted by atomic mass is 32.2. The van der Waals surface area contributed by atoms with Crippen molar-refractivity contribution < 1.29 is 13.2 Å². The van der Waals surface area contributed by atoms with Gasteiger partial charge in [-0.2, -0.15) is 0 Å². The fourth-order valence-corrected chi connectivity index (χ4v) is 6.23. The molecule has 0 bridgehead atoms. The Bertz CT molecular complexity index is 1360. The average molecular weight is 423 g/mol. The van der Waals surface area contributed by atoms with Crippen molar-refractivity contribution in [2.24, 2.45) is 0 Å². The SMILES string of the molecule is O=C(CS(=O)(=O)Cc1ccccc1)Nc1nc2c(cc3c4c(cccc42)CC3)s1. The van der Waals surface area contributed by atoms with Crippen molar-refractivity contribution in [3.63, 3.8) is 0 Å². The molecular weight excluding hydrogens is 404 g/mol. The largest absolute Gasteiger partial charge is 0.301 e. The highest BCUT2D eigenvalue weighted by molar-refractivity contribution is 7.91. The van der Waals surface area contributed by atoms with Gasteiger partial charge in [-0.05, 0) is 41.0 Å². The van der Waals surface area contributed by atoms with Gasteiger partial charge in [0.2, 0.25) is 5.91 Å². The van der Waals surface area contributed by atoms with Gasteiger partial charge in [0, 0.05) is 5.39 Å². The first kappa shape index (κ1) is 18.3. The Labute approximate surface area is 172 Å². The molecule has 1 aromatic heterocycles. The molecule has 3 aromatic carbocycles. The van der Waals surface area contributed by atoms with Crippen LogP contribution in [0.2, 0.25) is 0 Å². The van der Waals surface area contributed by atoms with E-state index in [9.17, 15) is 13.2 Å². The predicted molar refractivity (Wildman–Crippen MR) is 117 cm³/mol. The summed E-state index contributed by atoms with van der Waals surface area (Å²) in [5.41, 5.74) is 4.18. The molecule has 5 nitrogen and oxygen atoms in total. The number of thiazole rings is 1. The Balaban J connectivity index is 1.39. The number of benzene rings is 3. The lowest BCUT2D eigenvalue weighted by Gasteiger charge is -2.04. The molecule has 0 aliphatic heterocycles. The summed E-state index contributed by atoms with van der Waals surface area (Å²) in [6.45, 7) is 0. The minimum absolute atomic E-state index is 0.155. The number of carbonyl (C=O) groups excluding carboxylic acids is 1. The maximum Gasteiger partial charge on any atom is 0.241 e. The highest BCUT2D eigenvalue weighted by Gasteiger charge is 2.21. The summed E-state index contributed by atoms with van der Waals surface area (Å²) in [5.74, 6) is -1.27. The maximum atomic E-state index is 12.4. The second kappa shape index (κ2) is 6.93. The first-order chi connectivity index (χ1) is 14.0. The van der Waals surface area contributed by atoms with Crippen LogP contribution < -0.4 is 5.32 Å². The number of aryl methyl sites for hydroxylation is 2. The topological polar surface area (TPSA) is 76.1 Å². The summed E-state index contributed by atoms with van der Waals surface area (Å²) >= 11 is 1.39. The van der Waals surface area contributed by atoms with Crippen LogP contribution >= 0.6 is 11.3 Å². The van der Waals surface area contributed by atoms with E-state index in [1.165, 1.54) is 27.8 Å². The van der Waals surface area contributed by atoms with E-state index >= 15 is 0 Å². The molecule has 5 rings (SSSR count). The molecule has 0 spiro atoms. The van der Waals surface area contributed by atoms with Crippen molar-refractivity contribution in [2.45, 2.75) is 18.6 Å². The van der Waals surface area contributed by atoms with Crippen molar-refractivity contribution in [1.82, 2.24) is 4.98 Å². The zero-order chi connectivity index (χ0) is 20.0. The smallest absolute Gasteiger partial charge is 0.241 e. The Hall–Kier alpha value is -2.77. The molecule has 1 aliphatic rings. The molecule has 1 heterocycles. The van der Waals surface area contributed by atoms with Gasteiger partial charge in [-0.3, -0.25) is 4.79 Å². The second-order valence-corrected chi connectivity index (χ2v) is 10.4. The Kier molecular flexibility index (Phi) is 4.37. The van der Waals surface area contributed by atoms with Crippen LogP contribution in [0.1, 0.15) is 16.7 Å². The summed E-state index contributed by atoms with van der Waals surface area (Å²) in [7, 11) is -3.56. The van der Waals surface area contributed by atoms with Gasteiger partial charge in [0.15, 0.2) is 15.0 Å². The molecule has 0 saturated carbocycles. The molecule has 1 N–H and O–H groups in total. The molecule has 0 atom stereocenters. The van der Waals surface area contributed by atoms with Crippen molar-refractivity contribution in [3.8, 4) is 0 Å². The Morgan fingerprint density at radius 3 is 2.66 bits per heavy atom. The van der Waals surface area contributed by atoms with Crippen LogP contribution in [0, 0.1) is 0 Å². The molecule has 1 aliphatic carbocycles. The monoisotopic (exact) mass is 422 g/mol. The van der Waals surface area contributed by atoms with E-state index in [-0.39, 0.29) is 5.75 Å².